The number of nitrogens with one attached hydrogen (secondary N) is 1. The van der Waals surface area contributed by atoms with Crippen molar-refractivity contribution >= 4 is 11.8 Å². The van der Waals surface area contributed by atoms with Gasteiger partial charge in [0.25, 0.3) is 0 Å². The van der Waals surface area contributed by atoms with Crippen LogP contribution in [0.2, 0.25) is 0 Å². The van der Waals surface area contributed by atoms with Crippen molar-refractivity contribution in [3.8, 4) is 0 Å². The highest BCUT2D eigenvalue weighted by Crippen LogP contribution is 2.26. The third kappa shape index (κ3) is 4.71. The zero-order valence-corrected chi connectivity index (χ0v) is 15.3. The molecular formula is C19H33N3O2. The zero-order valence-electron chi connectivity index (χ0n) is 15.3. The topological polar surface area (TPSA) is 52.7 Å². The van der Waals surface area contributed by atoms with Crippen LogP contribution >= 0.6 is 0 Å². The summed E-state index contributed by atoms with van der Waals surface area (Å²) in [5.41, 5.74) is 0. The molecule has 136 valence electrons. The van der Waals surface area contributed by atoms with Gasteiger partial charge in [0.05, 0.1) is 5.92 Å². The highest BCUT2D eigenvalue weighted by Gasteiger charge is 2.34. The summed E-state index contributed by atoms with van der Waals surface area (Å²) in [6.45, 7) is 7.98. The maximum absolute atomic E-state index is 12.3. The summed E-state index contributed by atoms with van der Waals surface area (Å²) in [6, 6.07) is 1.01. The SMILES string of the molecule is CC(C)CC(=O)N1CCC(N2CCC[C@H](C(=O)NC3CC3)C2)CC1. The molecule has 0 bridgehead atoms. The van der Waals surface area contributed by atoms with E-state index in [9.17, 15) is 9.59 Å². The molecule has 0 aromatic carbocycles. The highest BCUT2D eigenvalue weighted by molar-refractivity contribution is 5.79. The Balaban J connectivity index is 1.45. The number of likely N-dealkylation sites (tertiary alicyclic amines) is 2. The maximum atomic E-state index is 12.3. The number of piperidine rings is 2. The molecule has 1 aliphatic carbocycles. The summed E-state index contributed by atoms with van der Waals surface area (Å²) in [7, 11) is 0. The van der Waals surface area contributed by atoms with E-state index < -0.39 is 0 Å². The van der Waals surface area contributed by atoms with Crippen molar-refractivity contribution in [3.63, 3.8) is 0 Å². The lowest BCUT2D eigenvalue weighted by Gasteiger charge is -2.42. The third-order valence-electron chi connectivity index (χ3n) is 5.66. The summed E-state index contributed by atoms with van der Waals surface area (Å²) < 4.78 is 0. The molecule has 24 heavy (non-hydrogen) atoms. The van der Waals surface area contributed by atoms with Gasteiger partial charge in [0, 0.05) is 38.1 Å². The lowest BCUT2D eigenvalue weighted by atomic mass is 9.93. The average Bonchev–Trinajstić information content (AvgIpc) is 3.38. The molecule has 3 aliphatic rings. The predicted molar refractivity (Wildman–Crippen MR) is 94.5 cm³/mol. The fraction of sp³-hybridized carbons (Fsp3) is 0.895. The van der Waals surface area contributed by atoms with Gasteiger partial charge < -0.3 is 10.2 Å². The minimum Gasteiger partial charge on any atom is -0.353 e. The molecule has 2 saturated heterocycles. The van der Waals surface area contributed by atoms with Gasteiger partial charge in [-0.1, -0.05) is 13.8 Å². The Morgan fingerprint density at radius 3 is 2.38 bits per heavy atom. The van der Waals surface area contributed by atoms with Gasteiger partial charge in [0.2, 0.25) is 11.8 Å². The second-order valence-electron chi connectivity index (χ2n) is 8.33. The summed E-state index contributed by atoms with van der Waals surface area (Å²) in [5.74, 6) is 1.18. The summed E-state index contributed by atoms with van der Waals surface area (Å²) in [4.78, 5) is 29.1. The first-order valence-electron chi connectivity index (χ1n) is 9.85. The van der Waals surface area contributed by atoms with Crippen LogP contribution in [-0.2, 0) is 9.59 Å². The number of hydrogen-bond acceptors (Lipinski definition) is 3. The molecule has 0 aromatic heterocycles. The smallest absolute Gasteiger partial charge is 0.224 e. The molecule has 2 aliphatic heterocycles. The van der Waals surface area contributed by atoms with Gasteiger partial charge in [0.1, 0.15) is 0 Å². The fourth-order valence-corrected chi connectivity index (χ4v) is 4.06. The molecule has 5 nitrogen and oxygen atoms in total. The Hall–Kier alpha value is -1.10. The van der Waals surface area contributed by atoms with Gasteiger partial charge in [-0.15, -0.1) is 0 Å². The second kappa shape index (κ2) is 7.85. The largest absolute Gasteiger partial charge is 0.353 e. The number of amides is 2. The van der Waals surface area contributed by atoms with Crippen molar-refractivity contribution in [2.24, 2.45) is 11.8 Å². The van der Waals surface area contributed by atoms with Gasteiger partial charge in [0.15, 0.2) is 0 Å². The first kappa shape index (κ1) is 17.7. The maximum Gasteiger partial charge on any atom is 0.224 e. The van der Waals surface area contributed by atoms with Gasteiger partial charge in [-0.2, -0.15) is 0 Å². The van der Waals surface area contributed by atoms with E-state index in [4.69, 9.17) is 0 Å². The van der Waals surface area contributed by atoms with Gasteiger partial charge in [-0.3, -0.25) is 14.5 Å². The molecule has 0 radical (unpaired) electrons. The summed E-state index contributed by atoms with van der Waals surface area (Å²) >= 11 is 0. The van der Waals surface area contributed by atoms with Crippen LogP contribution in [0.15, 0.2) is 0 Å². The Bertz CT molecular complexity index is 454. The second-order valence-corrected chi connectivity index (χ2v) is 8.33. The van der Waals surface area contributed by atoms with Crippen molar-refractivity contribution in [1.29, 1.82) is 0 Å². The molecule has 0 spiro atoms. The van der Waals surface area contributed by atoms with E-state index in [0.717, 1.165) is 64.7 Å². The fourth-order valence-electron chi connectivity index (χ4n) is 4.06. The van der Waals surface area contributed by atoms with Crippen LogP contribution in [0.1, 0.15) is 58.8 Å². The number of carbonyl (C=O) groups is 2. The lowest BCUT2D eigenvalue weighted by molar-refractivity contribution is -0.133. The van der Waals surface area contributed by atoms with E-state index in [2.05, 4.69) is 24.1 Å². The molecule has 0 aromatic rings. The molecule has 5 heteroatoms. The van der Waals surface area contributed by atoms with Crippen LogP contribution in [0, 0.1) is 11.8 Å². The van der Waals surface area contributed by atoms with Crippen LogP contribution in [0.4, 0.5) is 0 Å². The van der Waals surface area contributed by atoms with Crippen molar-refractivity contribution in [3.05, 3.63) is 0 Å². The van der Waals surface area contributed by atoms with Crippen LogP contribution in [0.5, 0.6) is 0 Å². The molecule has 1 N–H and O–H groups in total. The van der Waals surface area contributed by atoms with Crippen LogP contribution < -0.4 is 5.32 Å². The zero-order chi connectivity index (χ0) is 17.1. The Labute approximate surface area is 146 Å². The highest BCUT2D eigenvalue weighted by atomic mass is 16.2. The molecule has 0 unspecified atom stereocenters. The first-order chi connectivity index (χ1) is 11.5. The molecular weight excluding hydrogens is 302 g/mol. The molecule has 1 atom stereocenters. The quantitative estimate of drug-likeness (QED) is 0.836. The lowest BCUT2D eigenvalue weighted by Crippen LogP contribution is -2.51. The molecule has 3 rings (SSSR count). The molecule has 3 fully saturated rings. The number of carbonyl (C=O) groups excluding carboxylic acids is 2. The molecule has 2 heterocycles. The Morgan fingerprint density at radius 2 is 1.75 bits per heavy atom. The van der Waals surface area contributed by atoms with Crippen molar-refractivity contribution < 1.29 is 9.59 Å². The Kier molecular flexibility index (Phi) is 5.80. The summed E-state index contributed by atoms with van der Waals surface area (Å²) in [6.07, 6.45) is 7.24. The van der Waals surface area contributed by atoms with Crippen LogP contribution in [0.25, 0.3) is 0 Å². The van der Waals surface area contributed by atoms with E-state index >= 15 is 0 Å². The monoisotopic (exact) mass is 335 g/mol. The van der Waals surface area contributed by atoms with Crippen LogP contribution in [0.3, 0.4) is 0 Å². The average molecular weight is 335 g/mol. The van der Waals surface area contributed by atoms with E-state index in [1.165, 1.54) is 0 Å². The van der Waals surface area contributed by atoms with Crippen molar-refractivity contribution in [1.82, 2.24) is 15.1 Å². The molecule has 2 amide bonds. The van der Waals surface area contributed by atoms with Crippen LogP contribution in [-0.4, -0.2) is 59.9 Å². The number of hydrogen-bond donors (Lipinski definition) is 1. The normalized spacial score (nSPS) is 26.6. The van der Waals surface area contributed by atoms with Gasteiger partial charge in [-0.25, -0.2) is 0 Å². The first-order valence-corrected chi connectivity index (χ1v) is 9.85. The van der Waals surface area contributed by atoms with Crippen molar-refractivity contribution in [2.45, 2.75) is 70.9 Å². The molecule has 1 saturated carbocycles. The third-order valence-corrected chi connectivity index (χ3v) is 5.66. The summed E-state index contributed by atoms with van der Waals surface area (Å²) in [5, 5.41) is 3.17. The van der Waals surface area contributed by atoms with E-state index in [0.29, 0.717) is 30.3 Å². The van der Waals surface area contributed by atoms with E-state index in [-0.39, 0.29) is 11.8 Å². The van der Waals surface area contributed by atoms with E-state index in [1.54, 1.807) is 0 Å². The predicted octanol–water partition coefficient (Wildman–Crippen LogP) is 2.01. The number of nitrogens with zero attached hydrogens (tertiary/aromatic N) is 2. The van der Waals surface area contributed by atoms with E-state index in [1.807, 2.05) is 4.90 Å². The Morgan fingerprint density at radius 1 is 1.04 bits per heavy atom. The van der Waals surface area contributed by atoms with Gasteiger partial charge in [-0.05, 0) is 51.0 Å². The minimum atomic E-state index is 0.167. The van der Waals surface area contributed by atoms with Crippen molar-refractivity contribution in [2.75, 3.05) is 26.2 Å². The minimum absolute atomic E-state index is 0.167. The van der Waals surface area contributed by atoms with Gasteiger partial charge >= 0.3 is 0 Å². The standard InChI is InChI=1S/C19H33N3O2/c1-14(2)12-18(23)21-10-7-17(8-11-21)22-9-3-4-15(13-22)19(24)20-16-5-6-16/h14-17H,3-13H2,1-2H3,(H,20,24)/t15-/m0/s1. The number of rotatable bonds is 5.